The molecule has 7 heteroatoms. The summed E-state index contributed by atoms with van der Waals surface area (Å²) >= 11 is 0. The summed E-state index contributed by atoms with van der Waals surface area (Å²) in [6, 6.07) is 40.8. The Hall–Kier alpha value is -6.08. The van der Waals surface area contributed by atoms with Crippen molar-refractivity contribution in [1.29, 1.82) is 0 Å². The summed E-state index contributed by atoms with van der Waals surface area (Å²) < 4.78 is 10.6. The van der Waals surface area contributed by atoms with Crippen LogP contribution in [0.25, 0.3) is 78.4 Å². The summed E-state index contributed by atoms with van der Waals surface area (Å²) in [5, 5.41) is 4.34. The molecule has 7 nitrogen and oxygen atoms in total. The van der Waals surface area contributed by atoms with Crippen LogP contribution in [-0.4, -0.2) is 29.1 Å². The van der Waals surface area contributed by atoms with Crippen molar-refractivity contribution in [3.05, 3.63) is 134 Å². The van der Waals surface area contributed by atoms with Gasteiger partial charge in [-0.05, 0) is 18.2 Å². The van der Waals surface area contributed by atoms with Crippen molar-refractivity contribution >= 4 is 43.7 Å². The summed E-state index contributed by atoms with van der Waals surface area (Å²) in [5.41, 5.74) is 5.44. The maximum absolute atomic E-state index is 6.53. The van der Waals surface area contributed by atoms with Crippen molar-refractivity contribution in [2.45, 2.75) is 0 Å². The molecule has 0 bridgehead atoms. The number of benzene rings is 5. The molecule has 0 aliphatic carbocycles. The largest absolute Gasteiger partial charge is 0.454 e. The molecule has 202 valence electrons. The second kappa shape index (κ2) is 9.22. The van der Waals surface area contributed by atoms with Crippen LogP contribution in [-0.2, 0) is 0 Å². The quantitative estimate of drug-likeness (QED) is 0.218. The Kier molecular flexibility index (Phi) is 5.06. The van der Waals surface area contributed by atoms with E-state index in [9.17, 15) is 0 Å². The van der Waals surface area contributed by atoms with Crippen LogP contribution in [0, 0.1) is 0 Å². The van der Waals surface area contributed by atoms with Gasteiger partial charge in [-0.25, -0.2) is 9.97 Å². The number of fused-ring (bicyclic) bond motifs is 7. The molecule has 9 aromatic rings. The Labute approximate surface area is 245 Å². The zero-order valence-corrected chi connectivity index (χ0v) is 22.8. The molecule has 4 heterocycles. The van der Waals surface area contributed by atoms with E-state index in [1.54, 1.807) is 6.20 Å². The second-order valence-electron chi connectivity index (χ2n) is 10.4. The van der Waals surface area contributed by atoms with E-state index in [0.717, 1.165) is 54.9 Å². The standard InChI is InChI=1S/C36H22N6O/c1-3-11-23(12-4-1)33-38-34(24-13-5-2-6-14-24)40-35(39-33)41-22-21-37-36(41)42-29-17-9-7-15-25(29)27-19-20-28-26-16-8-10-18-30(26)43-32(28)31(27)42/h1-22H. The van der Waals surface area contributed by atoms with E-state index in [4.69, 9.17) is 24.4 Å². The first-order chi connectivity index (χ1) is 21.3. The third kappa shape index (κ3) is 3.62. The minimum absolute atomic E-state index is 0.475. The molecule has 43 heavy (non-hydrogen) atoms. The first kappa shape index (κ1) is 23.6. The predicted molar refractivity (Wildman–Crippen MR) is 169 cm³/mol. The average Bonchev–Trinajstić information content (AvgIpc) is 3.79. The lowest BCUT2D eigenvalue weighted by atomic mass is 10.1. The Balaban J connectivity index is 1.35. The van der Waals surface area contributed by atoms with Gasteiger partial charge in [0, 0.05) is 45.1 Å². The highest BCUT2D eigenvalue weighted by atomic mass is 16.3. The normalized spacial score (nSPS) is 11.7. The lowest BCUT2D eigenvalue weighted by molar-refractivity contribution is 0.670. The zero-order valence-electron chi connectivity index (χ0n) is 22.8. The van der Waals surface area contributed by atoms with Gasteiger partial charge in [0.25, 0.3) is 0 Å². The van der Waals surface area contributed by atoms with Gasteiger partial charge in [0.2, 0.25) is 11.9 Å². The molecule has 5 aromatic carbocycles. The van der Waals surface area contributed by atoms with E-state index in [1.165, 1.54) is 0 Å². The highest BCUT2D eigenvalue weighted by Crippen LogP contribution is 2.40. The van der Waals surface area contributed by atoms with E-state index in [1.807, 2.05) is 95.7 Å². The molecule has 0 radical (unpaired) electrons. The number of furan rings is 1. The van der Waals surface area contributed by atoms with Gasteiger partial charge < -0.3 is 4.42 Å². The van der Waals surface area contributed by atoms with Gasteiger partial charge in [0.05, 0.1) is 5.52 Å². The number of para-hydroxylation sites is 2. The average molecular weight is 555 g/mol. The maximum Gasteiger partial charge on any atom is 0.240 e. The van der Waals surface area contributed by atoms with Crippen LogP contribution >= 0.6 is 0 Å². The summed E-state index contributed by atoms with van der Waals surface area (Å²) in [5.74, 6) is 2.31. The lowest BCUT2D eigenvalue weighted by Gasteiger charge is -2.12. The summed E-state index contributed by atoms with van der Waals surface area (Å²) in [7, 11) is 0. The predicted octanol–water partition coefficient (Wildman–Crippen LogP) is 8.39. The highest BCUT2D eigenvalue weighted by molar-refractivity contribution is 6.21. The molecule has 0 saturated heterocycles. The molecule has 0 aliphatic heterocycles. The topological polar surface area (TPSA) is 74.6 Å². The van der Waals surface area contributed by atoms with Crippen molar-refractivity contribution in [2.24, 2.45) is 0 Å². The van der Waals surface area contributed by atoms with Crippen LogP contribution in [0.3, 0.4) is 0 Å². The second-order valence-corrected chi connectivity index (χ2v) is 10.4. The van der Waals surface area contributed by atoms with E-state index in [0.29, 0.717) is 23.5 Å². The molecule has 0 saturated carbocycles. The third-order valence-corrected chi connectivity index (χ3v) is 7.90. The van der Waals surface area contributed by atoms with Crippen LogP contribution in [0.1, 0.15) is 0 Å². The number of aromatic nitrogens is 6. The number of imidazole rings is 1. The number of hydrogen-bond donors (Lipinski definition) is 0. The minimum atomic E-state index is 0.475. The van der Waals surface area contributed by atoms with Gasteiger partial charge >= 0.3 is 0 Å². The molecule has 0 spiro atoms. The third-order valence-electron chi connectivity index (χ3n) is 7.90. The van der Waals surface area contributed by atoms with E-state index >= 15 is 0 Å². The summed E-state index contributed by atoms with van der Waals surface area (Å²) in [6.45, 7) is 0. The monoisotopic (exact) mass is 554 g/mol. The summed E-state index contributed by atoms with van der Waals surface area (Å²) in [6.07, 6.45) is 3.68. The maximum atomic E-state index is 6.53. The molecule has 0 atom stereocenters. The molecular formula is C36H22N6O. The van der Waals surface area contributed by atoms with Gasteiger partial charge in [-0.2, -0.15) is 9.97 Å². The van der Waals surface area contributed by atoms with E-state index in [-0.39, 0.29) is 0 Å². The van der Waals surface area contributed by atoms with Crippen LogP contribution < -0.4 is 0 Å². The van der Waals surface area contributed by atoms with Gasteiger partial charge in [0.15, 0.2) is 17.2 Å². The van der Waals surface area contributed by atoms with Gasteiger partial charge in [-0.1, -0.05) is 103 Å². The molecule has 0 amide bonds. The Bertz CT molecular complexity index is 2400. The van der Waals surface area contributed by atoms with Crippen molar-refractivity contribution in [2.75, 3.05) is 0 Å². The SMILES string of the molecule is c1ccc(-c2nc(-c3ccccc3)nc(-n3ccnc3-n3c4ccccc4c4ccc5c6ccccc6oc5c43)n2)cc1. The van der Waals surface area contributed by atoms with Crippen molar-refractivity contribution in [3.8, 4) is 34.7 Å². The molecular weight excluding hydrogens is 532 g/mol. The van der Waals surface area contributed by atoms with Crippen LogP contribution in [0.15, 0.2) is 138 Å². The Morgan fingerprint density at radius 2 is 1.16 bits per heavy atom. The van der Waals surface area contributed by atoms with Crippen molar-refractivity contribution in [1.82, 2.24) is 29.1 Å². The van der Waals surface area contributed by atoms with Crippen LogP contribution in [0.4, 0.5) is 0 Å². The minimum Gasteiger partial charge on any atom is -0.454 e. The molecule has 0 fully saturated rings. The Morgan fingerprint density at radius 3 is 1.91 bits per heavy atom. The molecule has 0 unspecified atom stereocenters. The fraction of sp³-hybridized carbons (Fsp3) is 0. The van der Waals surface area contributed by atoms with E-state index in [2.05, 4.69) is 41.0 Å². The van der Waals surface area contributed by atoms with Gasteiger partial charge in [-0.15, -0.1) is 0 Å². The van der Waals surface area contributed by atoms with Gasteiger partial charge in [0.1, 0.15) is 11.1 Å². The lowest BCUT2D eigenvalue weighted by Crippen LogP contribution is -2.10. The zero-order chi connectivity index (χ0) is 28.3. The fourth-order valence-corrected chi connectivity index (χ4v) is 5.96. The number of hydrogen-bond acceptors (Lipinski definition) is 5. The van der Waals surface area contributed by atoms with Crippen molar-refractivity contribution < 1.29 is 4.42 Å². The van der Waals surface area contributed by atoms with Gasteiger partial charge in [-0.3, -0.25) is 9.13 Å². The molecule has 9 rings (SSSR count). The van der Waals surface area contributed by atoms with Crippen LogP contribution in [0.2, 0.25) is 0 Å². The molecule has 4 aromatic heterocycles. The first-order valence-corrected chi connectivity index (χ1v) is 14.1. The van der Waals surface area contributed by atoms with E-state index < -0.39 is 0 Å². The first-order valence-electron chi connectivity index (χ1n) is 14.1. The van der Waals surface area contributed by atoms with Crippen molar-refractivity contribution in [3.63, 3.8) is 0 Å². The molecule has 0 aliphatic rings. The Morgan fingerprint density at radius 1 is 0.535 bits per heavy atom. The molecule has 0 N–H and O–H groups in total. The number of rotatable bonds is 4. The number of nitrogens with zero attached hydrogens (tertiary/aromatic N) is 6. The summed E-state index contributed by atoms with van der Waals surface area (Å²) in [4.78, 5) is 19.7. The fourth-order valence-electron chi connectivity index (χ4n) is 5.96. The van der Waals surface area contributed by atoms with Crippen LogP contribution in [0.5, 0.6) is 0 Å². The highest BCUT2D eigenvalue weighted by Gasteiger charge is 2.22. The smallest absolute Gasteiger partial charge is 0.240 e.